The zero-order valence-electron chi connectivity index (χ0n) is 8.69. The molecule has 0 spiro atoms. The third-order valence-corrected chi connectivity index (χ3v) is 2.27. The van der Waals surface area contributed by atoms with E-state index in [1.165, 1.54) is 24.3 Å². The first-order chi connectivity index (χ1) is 8.06. The van der Waals surface area contributed by atoms with Gasteiger partial charge in [0.2, 0.25) is 5.89 Å². The van der Waals surface area contributed by atoms with Crippen molar-refractivity contribution in [1.82, 2.24) is 9.78 Å². The molecule has 0 unspecified atom stereocenters. The molecule has 1 heterocycles. The van der Waals surface area contributed by atoms with Gasteiger partial charge in [-0.2, -0.15) is 4.68 Å². The van der Waals surface area contributed by atoms with Crippen molar-refractivity contribution in [2.24, 2.45) is 0 Å². The molecule has 0 amide bonds. The first-order valence-corrected chi connectivity index (χ1v) is 5.53. The Balaban J connectivity index is 2.37. The number of hydrogen-bond acceptors (Lipinski definition) is 3. The number of aromatic nitrogens is 2. The van der Waals surface area contributed by atoms with E-state index < -0.39 is 5.76 Å². The van der Waals surface area contributed by atoms with Crippen LogP contribution in [0.15, 0.2) is 44.5 Å². The number of allylic oxidation sites excluding steroid dienone is 1. The molecule has 0 fully saturated rings. The number of hydrogen-bond donors (Lipinski definition) is 0. The first-order valence-electron chi connectivity index (χ1n) is 4.73. The quantitative estimate of drug-likeness (QED) is 0.875. The second-order valence-corrected chi connectivity index (χ2v) is 4.48. The summed E-state index contributed by atoms with van der Waals surface area (Å²) >= 11 is 3.13. The maximum atomic E-state index is 12.7. The smallest absolute Gasteiger partial charge is 0.388 e. The monoisotopic (exact) mass is 298 g/mol. The molecule has 0 aliphatic rings. The molecule has 0 bridgehead atoms. The molecule has 0 radical (unpaired) electrons. The fraction of sp³-hybridized carbons (Fsp3) is 0.0909. The molecule has 4 nitrogen and oxygen atoms in total. The summed E-state index contributed by atoms with van der Waals surface area (Å²) in [5.41, 5.74) is 0.544. The fourth-order valence-electron chi connectivity index (χ4n) is 1.28. The van der Waals surface area contributed by atoms with Gasteiger partial charge in [0.15, 0.2) is 0 Å². The lowest BCUT2D eigenvalue weighted by Gasteiger charge is -1.94. The highest BCUT2D eigenvalue weighted by molar-refractivity contribution is 9.11. The van der Waals surface area contributed by atoms with Gasteiger partial charge in [0, 0.05) is 10.0 Å². The van der Waals surface area contributed by atoms with Crippen LogP contribution < -0.4 is 5.76 Å². The summed E-state index contributed by atoms with van der Waals surface area (Å²) in [5, 5.41) is 3.97. The maximum absolute atomic E-state index is 12.7. The number of halogens is 2. The van der Waals surface area contributed by atoms with E-state index in [-0.39, 0.29) is 18.3 Å². The largest absolute Gasteiger partial charge is 0.437 e. The molecule has 1 aromatic heterocycles. The molecule has 88 valence electrons. The molecule has 0 aliphatic heterocycles. The molecular formula is C11H8BrFN2O2. The SMILES string of the molecule is C=C(Br)Cn1nc(-c2ccc(F)cc2)oc1=O. The van der Waals surface area contributed by atoms with Gasteiger partial charge in [-0.25, -0.2) is 9.18 Å². The van der Waals surface area contributed by atoms with Crippen LogP contribution in [0, 0.1) is 5.82 Å². The van der Waals surface area contributed by atoms with Crippen molar-refractivity contribution < 1.29 is 8.81 Å². The van der Waals surface area contributed by atoms with Crippen LogP contribution in [0.1, 0.15) is 0 Å². The van der Waals surface area contributed by atoms with Crippen molar-refractivity contribution in [3.63, 3.8) is 0 Å². The fourth-order valence-corrected chi connectivity index (χ4v) is 1.52. The highest BCUT2D eigenvalue weighted by Crippen LogP contribution is 2.16. The van der Waals surface area contributed by atoms with Crippen LogP contribution in [-0.2, 0) is 6.54 Å². The van der Waals surface area contributed by atoms with Crippen molar-refractivity contribution in [3.05, 3.63) is 51.7 Å². The molecule has 0 saturated carbocycles. The Morgan fingerprint density at radius 3 is 2.71 bits per heavy atom. The molecule has 6 heteroatoms. The average molecular weight is 299 g/mol. The van der Waals surface area contributed by atoms with Crippen LogP contribution in [0.2, 0.25) is 0 Å². The third kappa shape index (κ3) is 2.71. The molecule has 0 N–H and O–H groups in total. The second kappa shape index (κ2) is 4.67. The van der Waals surface area contributed by atoms with Gasteiger partial charge in [0.05, 0.1) is 6.54 Å². The highest BCUT2D eigenvalue weighted by atomic mass is 79.9. The molecule has 2 aromatic rings. The summed E-state index contributed by atoms with van der Waals surface area (Å²) in [6.07, 6.45) is 0. The lowest BCUT2D eigenvalue weighted by Crippen LogP contribution is -2.15. The van der Waals surface area contributed by atoms with E-state index in [1.807, 2.05) is 0 Å². The van der Waals surface area contributed by atoms with Gasteiger partial charge in [-0.3, -0.25) is 0 Å². The predicted octanol–water partition coefficient (Wildman–Crippen LogP) is 2.55. The zero-order valence-corrected chi connectivity index (χ0v) is 10.3. The lowest BCUT2D eigenvalue weighted by molar-refractivity contribution is 0.496. The van der Waals surface area contributed by atoms with Gasteiger partial charge < -0.3 is 4.42 Å². The summed E-state index contributed by atoms with van der Waals surface area (Å²) in [5.74, 6) is -0.780. The Morgan fingerprint density at radius 2 is 2.12 bits per heavy atom. The van der Waals surface area contributed by atoms with E-state index in [9.17, 15) is 9.18 Å². The molecule has 0 atom stereocenters. The van der Waals surface area contributed by atoms with E-state index in [0.29, 0.717) is 10.0 Å². The average Bonchev–Trinajstić information content (AvgIpc) is 2.60. The minimum absolute atomic E-state index is 0.156. The van der Waals surface area contributed by atoms with E-state index in [2.05, 4.69) is 27.6 Å². The highest BCUT2D eigenvalue weighted by Gasteiger charge is 2.10. The van der Waals surface area contributed by atoms with Crippen LogP contribution >= 0.6 is 15.9 Å². The molecule has 0 saturated heterocycles. The molecule has 1 aromatic carbocycles. The summed E-state index contributed by atoms with van der Waals surface area (Å²) in [4.78, 5) is 11.4. The number of nitrogens with zero attached hydrogens (tertiary/aromatic N) is 2. The minimum atomic E-state index is -0.579. The summed E-state index contributed by atoms with van der Waals surface area (Å²) in [7, 11) is 0. The van der Waals surface area contributed by atoms with Crippen LogP contribution in [0.25, 0.3) is 11.5 Å². The van der Waals surface area contributed by atoms with Crippen molar-refractivity contribution in [2.45, 2.75) is 6.54 Å². The summed E-state index contributed by atoms with van der Waals surface area (Å²) < 4.78 is 19.4. The Morgan fingerprint density at radius 1 is 1.47 bits per heavy atom. The van der Waals surface area contributed by atoms with Gasteiger partial charge in [0.1, 0.15) is 5.82 Å². The van der Waals surface area contributed by atoms with Gasteiger partial charge in [-0.1, -0.05) is 22.5 Å². The first kappa shape index (κ1) is 11.8. The van der Waals surface area contributed by atoms with Crippen molar-refractivity contribution in [2.75, 3.05) is 0 Å². The van der Waals surface area contributed by atoms with Crippen molar-refractivity contribution in [3.8, 4) is 11.5 Å². The normalized spacial score (nSPS) is 10.5. The van der Waals surface area contributed by atoms with Gasteiger partial charge in [-0.05, 0) is 24.3 Å². The Kier molecular flexibility index (Phi) is 3.23. The van der Waals surface area contributed by atoms with E-state index >= 15 is 0 Å². The van der Waals surface area contributed by atoms with Crippen LogP contribution in [0.4, 0.5) is 4.39 Å². The standard InChI is InChI=1S/C11H8BrFN2O2/c1-7(12)6-15-11(16)17-10(14-15)8-2-4-9(13)5-3-8/h2-5H,1,6H2. The van der Waals surface area contributed by atoms with Crippen LogP contribution in [0.5, 0.6) is 0 Å². The minimum Gasteiger partial charge on any atom is -0.388 e. The van der Waals surface area contributed by atoms with Crippen molar-refractivity contribution in [1.29, 1.82) is 0 Å². The van der Waals surface area contributed by atoms with Crippen LogP contribution in [-0.4, -0.2) is 9.78 Å². The number of rotatable bonds is 3. The topological polar surface area (TPSA) is 48.0 Å². The Hall–Kier alpha value is -1.69. The molecule has 17 heavy (non-hydrogen) atoms. The second-order valence-electron chi connectivity index (χ2n) is 3.35. The zero-order chi connectivity index (χ0) is 12.4. The van der Waals surface area contributed by atoms with E-state index in [4.69, 9.17) is 4.42 Å². The third-order valence-electron chi connectivity index (χ3n) is 2.02. The number of benzene rings is 1. The maximum Gasteiger partial charge on any atom is 0.437 e. The Labute approximate surface area is 105 Å². The summed E-state index contributed by atoms with van der Waals surface area (Å²) in [6, 6.07) is 5.54. The summed E-state index contributed by atoms with van der Waals surface area (Å²) in [6.45, 7) is 3.84. The van der Waals surface area contributed by atoms with Crippen molar-refractivity contribution >= 4 is 15.9 Å². The Bertz CT molecular complexity index is 601. The lowest BCUT2D eigenvalue weighted by atomic mass is 10.2. The predicted molar refractivity (Wildman–Crippen MR) is 64.2 cm³/mol. The molecule has 0 aliphatic carbocycles. The molecular weight excluding hydrogens is 291 g/mol. The van der Waals surface area contributed by atoms with E-state index in [1.54, 1.807) is 0 Å². The van der Waals surface area contributed by atoms with E-state index in [0.717, 1.165) is 4.68 Å². The van der Waals surface area contributed by atoms with Gasteiger partial charge >= 0.3 is 5.76 Å². The van der Waals surface area contributed by atoms with Gasteiger partial charge in [0.25, 0.3) is 0 Å². The van der Waals surface area contributed by atoms with Gasteiger partial charge in [-0.15, -0.1) is 5.10 Å². The molecule has 2 rings (SSSR count). The van der Waals surface area contributed by atoms with Crippen LogP contribution in [0.3, 0.4) is 0 Å².